The van der Waals surface area contributed by atoms with Gasteiger partial charge in [0.2, 0.25) is 0 Å². The molecule has 0 bridgehead atoms. The van der Waals surface area contributed by atoms with Crippen molar-refractivity contribution in [3.8, 4) is 0 Å². The molecule has 0 spiro atoms. The first-order valence-electron chi connectivity index (χ1n) is 8.79. The third kappa shape index (κ3) is 3.75. The predicted molar refractivity (Wildman–Crippen MR) is 101 cm³/mol. The molecule has 6 nitrogen and oxygen atoms in total. The van der Waals surface area contributed by atoms with Gasteiger partial charge in [0.25, 0.3) is 11.7 Å². The predicted octanol–water partition coefficient (Wildman–Crippen LogP) is 2.85. The number of aromatic nitrogens is 1. The third-order valence-electron chi connectivity index (χ3n) is 4.61. The van der Waals surface area contributed by atoms with E-state index in [2.05, 4.69) is 4.98 Å². The first kappa shape index (κ1) is 18.8. The molecule has 1 aromatic carbocycles. The fraction of sp³-hybridized carbons (Fsp3) is 0.286. The van der Waals surface area contributed by atoms with Crippen LogP contribution in [-0.2, 0) is 14.3 Å². The van der Waals surface area contributed by atoms with E-state index in [1.165, 1.54) is 4.90 Å². The molecule has 1 fully saturated rings. The lowest BCUT2D eigenvalue weighted by atomic mass is 9.96. The highest BCUT2D eigenvalue weighted by Crippen LogP contribution is 2.39. The average molecular weight is 366 g/mol. The quantitative estimate of drug-likeness (QED) is 0.368. The number of hydrogen-bond donors (Lipinski definition) is 1. The van der Waals surface area contributed by atoms with Crippen molar-refractivity contribution in [3.05, 3.63) is 71.1 Å². The van der Waals surface area contributed by atoms with Gasteiger partial charge in [0, 0.05) is 38.2 Å². The molecule has 140 valence electrons. The number of aryl methyl sites for hydroxylation is 1. The SMILES string of the molecule is COCCCN1C(=O)C(=O)/C(=C(\O)c2ccc(C)cc2)C1c1cccnc1. The standard InChI is InChI=1S/C21H22N2O4/c1-14-6-8-15(9-7-14)19(24)17-18(16-5-3-10-22-13-16)23(11-4-12-27-2)21(26)20(17)25/h3,5-10,13,18,24H,4,11-12H2,1-2H3/b19-17-. The Morgan fingerprint density at radius 3 is 2.59 bits per heavy atom. The number of ether oxygens (including phenoxy) is 1. The lowest BCUT2D eigenvalue weighted by Crippen LogP contribution is -2.31. The van der Waals surface area contributed by atoms with Crippen molar-refractivity contribution in [2.45, 2.75) is 19.4 Å². The molecule has 0 aliphatic carbocycles. The molecular formula is C21H22N2O4. The molecule has 27 heavy (non-hydrogen) atoms. The van der Waals surface area contributed by atoms with Gasteiger partial charge in [0.15, 0.2) is 0 Å². The average Bonchev–Trinajstić information content (AvgIpc) is 2.94. The van der Waals surface area contributed by atoms with Crippen LogP contribution < -0.4 is 0 Å². The Labute approximate surface area is 158 Å². The Morgan fingerprint density at radius 2 is 1.96 bits per heavy atom. The minimum absolute atomic E-state index is 0.0919. The summed E-state index contributed by atoms with van der Waals surface area (Å²) in [7, 11) is 1.59. The van der Waals surface area contributed by atoms with Crippen molar-refractivity contribution in [3.63, 3.8) is 0 Å². The molecule has 1 atom stereocenters. The molecule has 0 saturated carbocycles. The first-order valence-corrected chi connectivity index (χ1v) is 8.79. The maximum absolute atomic E-state index is 12.8. The number of aliphatic hydroxyl groups excluding tert-OH is 1. The Bertz CT molecular complexity index is 860. The van der Waals surface area contributed by atoms with Gasteiger partial charge in [0.05, 0.1) is 11.6 Å². The highest BCUT2D eigenvalue weighted by atomic mass is 16.5. The molecule has 1 saturated heterocycles. The maximum atomic E-state index is 12.8. The number of ketones is 1. The summed E-state index contributed by atoms with van der Waals surface area (Å²) in [6.45, 7) is 2.76. The van der Waals surface area contributed by atoms with Crippen LogP contribution in [0.4, 0.5) is 0 Å². The van der Waals surface area contributed by atoms with E-state index in [1.807, 2.05) is 19.1 Å². The number of carbonyl (C=O) groups excluding carboxylic acids is 2. The Morgan fingerprint density at radius 1 is 1.22 bits per heavy atom. The van der Waals surface area contributed by atoms with E-state index in [4.69, 9.17) is 4.74 Å². The van der Waals surface area contributed by atoms with Crippen LogP contribution in [0.25, 0.3) is 5.76 Å². The van der Waals surface area contributed by atoms with Gasteiger partial charge in [-0.2, -0.15) is 0 Å². The van der Waals surface area contributed by atoms with Crippen LogP contribution in [0.5, 0.6) is 0 Å². The summed E-state index contributed by atoms with van der Waals surface area (Å²) < 4.78 is 5.06. The number of carbonyl (C=O) groups is 2. The normalized spacial score (nSPS) is 18.9. The zero-order valence-corrected chi connectivity index (χ0v) is 15.4. The summed E-state index contributed by atoms with van der Waals surface area (Å²) in [6.07, 6.45) is 3.83. The number of likely N-dealkylation sites (tertiary alicyclic amines) is 1. The second-order valence-electron chi connectivity index (χ2n) is 6.49. The van der Waals surface area contributed by atoms with E-state index in [0.717, 1.165) is 5.56 Å². The van der Waals surface area contributed by atoms with Crippen molar-refractivity contribution in [1.29, 1.82) is 0 Å². The molecule has 1 aliphatic heterocycles. The zero-order chi connectivity index (χ0) is 19.4. The van der Waals surface area contributed by atoms with Crippen molar-refractivity contribution in [2.75, 3.05) is 20.3 Å². The van der Waals surface area contributed by atoms with Gasteiger partial charge >= 0.3 is 0 Å². The number of pyridine rings is 1. The first-order chi connectivity index (χ1) is 13.0. The number of rotatable bonds is 6. The monoisotopic (exact) mass is 366 g/mol. The van der Waals surface area contributed by atoms with E-state index in [9.17, 15) is 14.7 Å². The number of benzene rings is 1. The topological polar surface area (TPSA) is 79.7 Å². The molecule has 2 heterocycles. The second kappa shape index (κ2) is 8.14. The molecule has 3 rings (SSSR count). The van der Waals surface area contributed by atoms with E-state index < -0.39 is 17.7 Å². The fourth-order valence-corrected chi connectivity index (χ4v) is 3.24. The molecule has 1 amide bonds. The number of Topliss-reactive ketones (excluding diaryl/α,β-unsaturated/α-hetero) is 1. The number of methoxy groups -OCH3 is 1. The Hall–Kier alpha value is -2.99. The molecule has 0 radical (unpaired) electrons. The van der Waals surface area contributed by atoms with Crippen molar-refractivity contribution < 1.29 is 19.4 Å². The van der Waals surface area contributed by atoms with Gasteiger partial charge in [-0.3, -0.25) is 14.6 Å². The molecule has 6 heteroatoms. The zero-order valence-electron chi connectivity index (χ0n) is 15.4. The van der Waals surface area contributed by atoms with E-state index >= 15 is 0 Å². The lowest BCUT2D eigenvalue weighted by molar-refractivity contribution is -0.140. The minimum atomic E-state index is -0.681. The third-order valence-corrected chi connectivity index (χ3v) is 4.61. The van der Waals surface area contributed by atoms with Gasteiger partial charge in [-0.25, -0.2) is 0 Å². The van der Waals surface area contributed by atoms with Crippen LogP contribution in [0, 0.1) is 6.92 Å². The number of amides is 1. The number of nitrogens with zero attached hydrogens (tertiary/aromatic N) is 2. The highest BCUT2D eigenvalue weighted by molar-refractivity contribution is 6.46. The molecule has 2 aromatic rings. The molecule has 1 aromatic heterocycles. The van der Waals surface area contributed by atoms with Crippen LogP contribution in [0.2, 0.25) is 0 Å². The maximum Gasteiger partial charge on any atom is 0.295 e. The highest BCUT2D eigenvalue weighted by Gasteiger charge is 2.45. The fourth-order valence-electron chi connectivity index (χ4n) is 3.24. The van der Waals surface area contributed by atoms with Gasteiger partial charge in [-0.05, 0) is 25.0 Å². The largest absolute Gasteiger partial charge is 0.507 e. The van der Waals surface area contributed by atoms with Crippen LogP contribution in [0.15, 0.2) is 54.4 Å². The number of aliphatic hydroxyl groups is 1. The molecule has 1 unspecified atom stereocenters. The molecule has 1 N–H and O–H groups in total. The van der Waals surface area contributed by atoms with Gasteiger partial charge < -0.3 is 14.7 Å². The second-order valence-corrected chi connectivity index (χ2v) is 6.49. The summed E-state index contributed by atoms with van der Waals surface area (Å²) in [5.74, 6) is -1.47. The summed E-state index contributed by atoms with van der Waals surface area (Å²) >= 11 is 0. The van der Waals surface area contributed by atoms with E-state index in [0.29, 0.717) is 30.7 Å². The van der Waals surface area contributed by atoms with Crippen LogP contribution >= 0.6 is 0 Å². The van der Waals surface area contributed by atoms with Crippen LogP contribution in [-0.4, -0.2) is 46.9 Å². The van der Waals surface area contributed by atoms with Gasteiger partial charge in [-0.1, -0.05) is 35.9 Å². The van der Waals surface area contributed by atoms with Gasteiger partial charge in [0.1, 0.15) is 5.76 Å². The Kier molecular flexibility index (Phi) is 5.66. The minimum Gasteiger partial charge on any atom is -0.507 e. The van der Waals surface area contributed by atoms with Crippen molar-refractivity contribution in [1.82, 2.24) is 9.88 Å². The van der Waals surface area contributed by atoms with Crippen LogP contribution in [0.1, 0.15) is 29.2 Å². The summed E-state index contributed by atoms with van der Waals surface area (Å²) in [5.41, 5.74) is 2.32. The smallest absolute Gasteiger partial charge is 0.295 e. The van der Waals surface area contributed by atoms with Crippen LogP contribution in [0.3, 0.4) is 0 Å². The summed E-state index contributed by atoms with van der Waals surface area (Å²) in [5, 5.41) is 10.9. The Balaban J connectivity index is 2.09. The molecular weight excluding hydrogens is 344 g/mol. The van der Waals surface area contributed by atoms with Crippen molar-refractivity contribution in [2.24, 2.45) is 0 Å². The van der Waals surface area contributed by atoms with E-state index in [1.54, 1.807) is 43.8 Å². The number of hydrogen-bond acceptors (Lipinski definition) is 5. The molecule has 1 aliphatic rings. The van der Waals surface area contributed by atoms with Gasteiger partial charge in [-0.15, -0.1) is 0 Å². The summed E-state index contributed by atoms with van der Waals surface area (Å²) in [4.78, 5) is 31.0. The lowest BCUT2D eigenvalue weighted by Gasteiger charge is -2.25. The van der Waals surface area contributed by atoms with Crippen molar-refractivity contribution >= 4 is 17.4 Å². The summed E-state index contributed by atoms with van der Waals surface area (Å²) in [6, 6.07) is 10.1. The van der Waals surface area contributed by atoms with E-state index in [-0.39, 0.29) is 11.3 Å².